The predicted octanol–water partition coefficient (Wildman–Crippen LogP) is 3.02. The Labute approximate surface area is 142 Å². The fourth-order valence-corrected chi connectivity index (χ4v) is 2.22. The molecule has 0 aromatic heterocycles. The number of carbonyl (C=O) groups is 2. The Morgan fingerprint density at radius 3 is 2.12 bits per heavy atom. The van der Waals surface area contributed by atoms with Gasteiger partial charge in [-0.05, 0) is 50.2 Å². The molecule has 0 fully saturated rings. The van der Waals surface area contributed by atoms with Crippen LogP contribution < -0.4 is 10.1 Å². The van der Waals surface area contributed by atoms with Gasteiger partial charge >= 0.3 is 0 Å². The van der Waals surface area contributed by atoms with Crippen molar-refractivity contribution < 1.29 is 14.3 Å². The predicted molar refractivity (Wildman–Crippen MR) is 94.5 cm³/mol. The lowest BCUT2D eigenvalue weighted by Gasteiger charge is -2.12. The van der Waals surface area contributed by atoms with E-state index in [1.54, 1.807) is 38.4 Å². The van der Waals surface area contributed by atoms with Crippen molar-refractivity contribution in [3.8, 4) is 5.75 Å². The third-order valence-corrected chi connectivity index (χ3v) is 3.46. The summed E-state index contributed by atoms with van der Waals surface area (Å²) in [6.45, 7) is 3.91. The molecule has 2 rings (SSSR count). The molecule has 126 valence electrons. The molecule has 0 heterocycles. The molecule has 24 heavy (non-hydrogen) atoms. The summed E-state index contributed by atoms with van der Waals surface area (Å²) in [6.07, 6.45) is 0. The maximum Gasteiger partial charge on any atom is 0.259 e. The number of aryl methyl sites for hydroxylation is 2. The van der Waals surface area contributed by atoms with Gasteiger partial charge in [0, 0.05) is 25.3 Å². The molecule has 0 radical (unpaired) electrons. The van der Waals surface area contributed by atoms with Crippen LogP contribution in [0, 0.1) is 13.8 Å². The smallest absolute Gasteiger partial charge is 0.259 e. The lowest BCUT2D eigenvalue weighted by atomic mass is 10.1. The Bertz CT molecular complexity index is 717. The molecule has 2 aromatic carbocycles. The van der Waals surface area contributed by atoms with E-state index in [2.05, 4.69) is 5.32 Å². The second-order valence-corrected chi connectivity index (χ2v) is 5.93. The number of hydrogen-bond acceptors (Lipinski definition) is 3. The Balaban J connectivity index is 1.98. The summed E-state index contributed by atoms with van der Waals surface area (Å²) in [5.41, 5.74) is 3.40. The third kappa shape index (κ3) is 4.84. The van der Waals surface area contributed by atoms with Crippen molar-refractivity contribution in [3.63, 3.8) is 0 Å². The summed E-state index contributed by atoms with van der Waals surface area (Å²) < 4.78 is 5.40. The molecule has 5 heteroatoms. The summed E-state index contributed by atoms with van der Waals surface area (Å²) in [4.78, 5) is 25.3. The third-order valence-electron chi connectivity index (χ3n) is 3.46. The maximum atomic E-state index is 12.3. The number of benzene rings is 2. The summed E-state index contributed by atoms with van der Waals surface area (Å²) in [7, 11) is 3.36. The molecule has 2 aromatic rings. The first-order chi connectivity index (χ1) is 11.3. The van der Waals surface area contributed by atoms with Gasteiger partial charge in [0.1, 0.15) is 5.75 Å². The van der Waals surface area contributed by atoms with Crippen molar-refractivity contribution in [3.05, 3.63) is 59.2 Å². The quantitative estimate of drug-likeness (QED) is 0.919. The van der Waals surface area contributed by atoms with E-state index in [1.807, 2.05) is 32.0 Å². The molecule has 0 aliphatic carbocycles. The molecule has 0 spiro atoms. The number of anilines is 1. The van der Waals surface area contributed by atoms with E-state index >= 15 is 0 Å². The van der Waals surface area contributed by atoms with Gasteiger partial charge in [0.2, 0.25) is 0 Å². The fraction of sp³-hybridized carbons (Fsp3) is 0.263. The van der Waals surface area contributed by atoms with Crippen LogP contribution in [0.5, 0.6) is 5.75 Å². The van der Waals surface area contributed by atoms with Crippen LogP contribution in [0.1, 0.15) is 21.5 Å². The summed E-state index contributed by atoms with van der Waals surface area (Å²) >= 11 is 0. The van der Waals surface area contributed by atoms with Crippen molar-refractivity contribution in [2.75, 3.05) is 26.0 Å². The van der Waals surface area contributed by atoms with Gasteiger partial charge in [-0.25, -0.2) is 0 Å². The minimum Gasteiger partial charge on any atom is -0.484 e. The molecule has 0 aliphatic heterocycles. The summed E-state index contributed by atoms with van der Waals surface area (Å²) in [5.74, 6) is 0.315. The average Bonchev–Trinajstić information content (AvgIpc) is 2.52. The molecule has 0 saturated carbocycles. The van der Waals surface area contributed by atoms with Crippen molar-refractivity contribution >= 4 is 17.5 Å². The zero-order chi connectivity index (χ0) is 17.7. The average molecular weight is 326 g/mol. The molecule has 0 bridgehead atoms. The number of carbonyl (C=O) groups excluding carboxylic acids is 2. The standard InChI is InChI=1S/C19H22N2O3/c1-13-9-14(2)11-15(10-13)19(23)20-16-5-7-17(8-6-16)24-12-18(22)21(3)4/h5-11H,12H2,1-4H3,(H,20,23). The Morgan fingerprint density at radius 1 is 1.00 bits per heavy atom. The molecule has 2 amide bonds. The van der Waals surface area contributed by atoms with Crippen molar-refractivity contribution in [2.45, 2.75) is 13.8 Å². The first-order valence-corrected chi connectivity index (χ1v) is 7.68. The van der Waals surface area contributed by atoms with Crippen LogP contribution >= 0.6 is 0 Å². The van der Waals surface area contributed by atoms with Crippen LogP contribution in [0.4, 0.5) is 5.69 Å². The fourth-order valence-electron chi connectivity index (χ4n) is 2.22. The van der Waals surface area contributed by atoms with Crippen LogP contribution in [0.2, 0.25) is 0 Å². The summed E-state index contributed by atoms with van der Waals surface area (Å²) in [6, 6.07) is 12.7. The molecular formula is C19H22N2O3. The van der Waals surface area contributed by atoms with E-state index in [0.29, 0.717) is 17.0 Å². The van der Waals surface area contributed by atoms with Crippen LogP contribution in [-0.2, 0) is 4.79 Å². The van der Waals surface area contributed by atoms with Gasteiger partial charge in [0.15, 0.2) is 6.61 Å². The first-order valence-electron chi connectivity index (χ1n) is 7.68. The SMILES string of the molecule is Cc1cc(C)cc(C(=O)Nc2ccc(OCC(=O)N(C)C)cc2)c1. The second-order valence-electron chi connectivity index (χ2n) is 5.93. The highest BCUT2D eigenvalue weighted by Gasteiger charge is 2.08. The largest absolute Gasteiger partial charge is 0.484 e. The number of nitrogens with one attached hydrogen (secondary N) is 1. The summed E-state index contributed by atoms with van der Waals surface area (Å²) in [5, 5.41) is 2.85. The number of hydrogen-bond donors (Lipinski definition) is 1. The molecule has 0 aliphatic rings. The molecule has 1 N–H and O–H groups in total. The van der Waals surface area contributed by atoms with Crippen molar-refractivity contribution in [1.82, 2.24) is 4.90 Å². The lowest BCUT2D eigenvalue weighted by Crippen LogP contribution is -2.27. The van der Waals surface area contributed by atoms with Gasteiger partial charge < -0.3 is 15.0 Å². The van der Waals surface area contributed by atoms with Crippen molar-refractivity contribution in [1.29, 1.82) is 0 Å². The van der Waals surface area contributed by atoms with Gasteiger partial charge in [0.05, 0.1) is 0 Å². The van der Waals surface area contributed by atoms with Crippen LogP contribution in [0.3, 0.4) is 0 Å². The molecule has 0 unspecified atom stereocenters. The van der Waals surface area contributed by atoms with E-state index < -0.39 is 0 Å². The van der Waals surface area contributed by atoms with E-state index in [-0.39, 0.29) is 18.4 Å². The monoisotopic (exact) mass is 326 g/mol. The minimum atomic E-state index is -0.154. The van der Waals surface area contributed by atoms with Gasteiger partial charge in [-0.3, -0.25) is 9.59 Å². The van der Waals surface area contributed by atoms with Crippen LogP contribution in [0.15, 0.2) is 42.5 Å². The minimum absolute atomic E-state index is 0.0126. The first kappa shape index (κ1) is 17.5. The van der Waals surface area contributed by atoms with E-state index in [4.69, 9.17) is 4.74 Å². The van der Waals surface area contributed by atoms with Crippen molar-refractivity contribution in [2.24, 2.45) is 0 Å². The number of ether oxygens (including phenoxy) is 1. The topological polar surface area (TPSA) is 58.6 Å². The highest BCUT2D eigenvalue weighted by molar-refractivity contribution is 6.04. The van der Waals surface area contributed by atoms with E-state index in [9.17, 15) is 9.59 Å². The van der Waals surface area contributed by atoms with Crippen LogP contribution in [-0.4, -0.2) is 37.4 Å². The zero-order valence-electron chi connectivity index (χ0n) is 14.4. The highest BCUT2D eigenvalue weighted by atomic mass is 16.5. The Kier molecular flexibility index (Phi) is 5.58. The van der Waals surface area contributed by atoms with Crippen LogP contribution in [0.25, 0.3) is 0 Å². The molecule has 0 saturated heterocycles. The Hall–Kier alpha value is -2.82. The Morgan fingerprint density at radius 2 is 1.58 bits per heavy atom. The maximum absolute atomic E-state index is 12.3. The zero-order valence-corrected chi connectivity index (χ0v) is 14.4. The number of amides is 2. The van der Waals surface area contributed by atoms with E-state index in [1.165, 1.54) is 4.90 Å². The molecule has 5 nitrogen and oxygen atoms in total. The normalized spacial score (nSPS) is 10.2. The van der Waals surface area contributed by atoms with Gasteiger partial charge in [0.25, 0.3) is 11.8 Å². The van der Waals surface area contributed by atoms with E-state index in [0.717, 1.165) is 11.1 Å². The number of nitrogens with zero attached hydrogens (tertiary/aromatic N) is 1. The lowest BCUT2D eigenvalue weighted by molar-refractivity contribution is -0.130. The van der Waals surface area contributed by atoms with Gasteiger partial charge in [-0.15, -0.1) is 0 Å². The molecule has 0 atom stereocenters. The molecular weight excluding hydrogens is 304 g/mol. The number of likely N-dealkylation sites (N-methyl/N-ethyl adjacent to an activating group) is 1. The highest BCUT2D eigenvalue weighted by Crippen LogP contribution is 2.17. The second kappa shape index (κ2) is 7.64. The van der Waals surface area contributed by atoms with Gasteiger partial charge in [-0.2, -0.15) is 0 Å². The number of rotatable bonds is 5. The van der Waals surface area contributed by atoms with Gasteiger partial charge in [-0.1, -0.05) is 17.2 Å².